The van der Waals surface area contributed by atoms with Gasteiger partial charge in [-0.2, -0.15) is 0 Å². The van der Waals surface area contributed by atoms with E-state index in [2.05, 4.69) is 26.6 Å². The lowest BCUT2D eigenvalue weighted by atomic mass is 9.97. The first-order valence-corrected chi connectivity index (χ1v) is 11.6. The second-order valence-corrected chi connectivity index (χ2v) is 9.94. The maximum Gasteiger partial charge on any atom is 0.414 e. The summed E-state index contributed by atoms with van der Waals surface area (Å²) in [7, 11) is 0. The Morgan fingerprint density at radius 2 is 2.06 bits per heavy atom. The first-order chi connectivity index (χ1) is 15.4. The number of hydrogen-bond acceptors (Lipinski definition) is 7. The molecular formula is C21H22BrN3O6S. The summed E-state index contributed by atoms with van der Waals surface area (Å²) in [4.78, 5) is 39.4. The monoisotopic (exact) mass is 523 g/mol. The van der Waals surface area contributed by atoms with Crippen molar-refractivity contribution in [2.45, 2.75) is 18.9 Å². The van der Waals surface area contributed by atoms with Crippen molar-refractivity contribution in [1.29, 1.82) is 0 Å². The number of anilines is 2. The third-order valence-electron chi connectivity index (χ3n) is 5.27. The lowest BCUT2D eigenvalue weighted by Gasteiger charge is -2.29. The van der Waals surface area contributed by atoms with Gasteiger partial charge < -0.3 is 29.7 Å². The average Bonchev–Trinajstić information content (AvgIpc) is 3.38. The van der Waals surface area contributed by atoms with Crippen LogP contribution in [-0.2, 0) is 19.1 Å². The molecule has 4 rings (SSSR count). The van der Waals surface area contributed by atoms with E-state index in [-0.39, 0.29) is 19.1 Å². The predicted molar refractivity (Wildman–Crippen MR) is 122 cm³/mol. The molecule has 3 heterocycles. The first kappa shape index (κ1) is 22.7. The SMILES string of the molecule is Cc1cc(NC(=O)C2(NC(=O)Oc3ccc(Br)s3)CCOC2)ccc1N1CCOCC1=O. The summed E-state index contributed by atoms with van der Waals surface area (Å²) in [6, 6.07) is 8.75. The standard InChI is InChI=1S/C21H22BrN3O6S/c1-13-10-14(2-3-15(13)25-7-9-29-11-17(25)26)23-19(27)21(6-8-30-12-21)24-20(28)31-18-5-4-16(22)32-18/h2-5,10H,6-9,11-12H2,1H3,(H,23,27)(H,24,28). The molecule has 2 fully saturated rings. The third-order valence-corrected chi connectivity index (χ3v) is 6.77. The largest absolute Gasteiger partial charge is 0.414 e. The number of carbonyl (C=O) groups excluding carboxylic acids is 3. The number of ether oxygens (including phenoxy) is 3. The predicted octanol–water partition coefficient (Wildman–Crippen LogP) is 3.07. The van der Waals surface area contributed by atoms with Crippen LogP contribution in [0.4, 0.5) is 16.2 Å². The van der Waals surface area contributed by atoms with Gasteiger partial charge in [-0.15, -0.1) is 0 Å². The Kier molecular flexibility index (Phi) is 6.79. The van der Waals surface area contributed by atoms with Crippen molar-refractivity contribution in [3.05, 3.63) is 39.7 Å². The van der Waals surface area contributed by atoms with Crippen molar-refractivity contribution in [2.24, 2.45) is 0 Å². The lowest BCUT2D eigenvalue weighted by Crippen LogP contribution is -2.58. The summed E-state index contributed by atoms with van der Waals surface area (Å²) in [6.07, 6.45) is -0.404. The number of thiophene rings is 1. The van der Waals surface area contributed by atoms with Gasteiger partial charge >= 0.3 is 6.09 Å². The topological polar surface area (TPSA) is 106 Å². The highest BCUT2D eigenvalue weighted by molar-refractivity contribution is 9.11. The fourth-order valence-corrected chi connectivity index (χ4v) is 4.82. The van der Waals surface area contributed by atoms with E-state index in [1.165, 1.54) is 11.3 Å². The number of morpholine rings is 1. The second-order valence-electron chi connectivity index (χ2n) is 7.51. The Balaban J connectivity index is 1.45. The van der Waals surface area contributed by atoms with Gasteiger partial charge in [0.25, 0.3) is 11.8 Å². The molecule has 1 unspecified atom stereocenters. The molecule has 3 amide bonds. The summed E-state index contributed by atoms with van der Waals surface area (Å²) < 4.78 is 16.7. The Bertz CT molecular complexity index is 1040. The highest BCUT2D eigenvalue weighted by Gasteiger charge is 2.44. The van der Waals surface area contributed by atoms with Crippen LogP contribution in [0.15, 0.2) is 34.1 Å². The molecule has 1 atom stereocenters. The van der Waals surface area contributed by atoms with Gasteiger partial charge in [-0.1, -0.05) is 11.3 Å². The third kappa shape index (κ3) is 4.96. The average molecular weight is 524 g/mol. The molecule has 2 N–H and O–H groups in total. The Hall–Kier alpha value is -2.47. The van der Waals surface area contributed by atoms with Crippen LogP contribution in [-0.4, -0.2) is 56.4 Å². The molecular weight excluding hydrogens is 502 g/mol. The molecule has 2 aliphatic rings. The van der Waals surface area contributed by atoms with Gasteiger partial charge in [0, 0.05) is 30.9 Å². The van der Waals surface area contributed by atoms with Crippen LogP contribution in [0.2, 0.25) is 0 Å². The van der Waals surface area contributed by atoms with Gasteiger partial charge in [-0.25, -0.2) is 4.79 Å². The molecule has 9 nitrogen and oxygen atoms in total. The van der Waals surface area contributed by atoms with E-state index in [4.69, 9.17) is 14.2 Å². The summed E-state index contributed by atoms with van der Waals surface area (Å²) in [5.41, 5.74) is 0.934. The zero-order chi connectivity index (χ0) is 22.7. The second kappa shape index (κ2) is 9.57. The number of nitrogens with zero attached hydrogens (tertiary/aromatic N) is 1. The minimum Gasteiger partial charge on any atom is -0.399 e. The molecule has 0 bridgehead atoms. The van der Waals surface area contributed by atoms with E-state index in [0.29, 0.717) is 36.9 Å². The minimum absolute atomic E-state index is 0.0431. The molecule has 0 spiro atoms. The van der Waals surface area contributed by atoms with E-state index in [9.17, 15) is 14.4 Å². The molecule has 0 radical (unpaired) electrons. The number of carbonyl (C=O) groups is 3. The van der Waals surface area contributed by atoms with Crippen LogP contribution in [0.25, 0.3) is 0 Å². The molecule has 1 aromatic carbocycles. The molecule has 2 aliphatic heterocycles. The van der Waals surface area contributed by atoms with Gasteiger partial charge in [0.1, 0.15) is 12.1 Å². The molecule has 0 saturated carbocycles. The number of rotatable bonds is 5. The quantitative estimate of drug-likeness (QED) is 0.623. The number of aryl methyl sites for hydroxylation is 1. The Labute approximate surface area is 197 Å². The fourth-order valence-electron chi connectivity index (χ4n) is 3.62. The van der Waals surface area contributed by atoms with Crippen LogP contribution in [0.3, 0.4) is 0 Å². The summed E-state index contributed by atoms with van der Waals surface area (Å²) in [5, 5.41) is 5.95. The number of amides is 3. The van der Waals surface area contributed by atoms with Crippen LogP contribution in [0.1, 0.15) is 12.0 Å². The van der Waals surface area contributed by atoms with Crippen LogP contribution >= 0.6 is 27.3 Å². The number of hydrogen-bond donors (Lipinski definition) is 2. The maximum absolute atomic E-state index is 13.1. The van der Waals surface area contributed by atoms with Crippen LogP contribution in [0.5, 0.6) is 5.06 Å². The van der Waals surface area contributed by atoms with Gasteiger partial charge in [0.05, 0.1) is 17.0 Å². The van der Waals surface area contributed by atoms with Gasteiger partial charge in [-0.05, 0) is 58.7 Å². The fraction of sp³-hybridized carbons (Fsp3) is 0.381. The zero-order valence-corrected chi connectivity index (χ0v) is 19.7. The van der Waals surface area contributed by atoms with Crippen molar-refractivity contribution in [1.82, 2.24) is 5.32 Å². The Morgan fingerprint density at radius 1 is 1.22 bits per heavy atom. The van der Waals surface area contributed by atoms with Crippen molar-refractivity contribution in [3.63, 3.8) is 0 Å². The first-order valence-electron chi connectivity index (χ1n) is 10.00. The van der Waals surface area contributed by atoms with Crippen LogP contribution < -0.4 is 20.3 Å². The molecule has 2 saturated heterocycles. The number of nitrogens with one attached hydrogen (secondary N) is 2. The van der Waals surface area contributed by atoms with Crippen LogP contribution in [0, 0.1) is 6.92 Å². The summed E-state index contributed by atoms with van der Waals surface area (Å²) >= 11 is 4.58. The summed E-state index contributed by atoms with van der Waals surface area (Å²) in [5.74, 6) is -0.493. The maximum atomic E-state index is 13.1. The zero-order valence-electron chi connectivity index (χ0n) is 17.3. The molecule has 0 aliphatic carbocycles. The van der Waals surface area contributed by atoms with Crippen molar-refractivity contribution in [3.8, 4) is 5.06 Å². The van der Waals surface area contributed by atoms with Gasteiger partial charge in [-0.3, -0.25) is 9.59 Å². The van der Waals surface area contributed by atoms with E-state index >= 15 is 0 Å². The minimum atomic E-state index is -1.24. The molecule has 32 heavy (non-hydrogen) atoms. The molecule has 2 aromatic rings. The van der Waals surface area contributed by atoms with E-state index in [1.54, 1.807) is 35.2 Å². The summed E-state index contributed by atoms with van der Waals surface area (Å²) in [6.45, 7) is 3.29. The van der Waals surface area contributed by atoms with Gasteiger partial charge in [0.15, 0.2) is 5.06 Å². The van der Waals surface area contributed by atoms with E-state index in [0.717, 1.165) is 15.0 Å². The molecule has 170 valence electrons. The Morgan fingerprint density at radius 3 is 2.72 bits per heavy atom. The van der Waals surface area contributed by atoms with Crippen molar-refractivity contribution >= 4 is 56.5 Å². The lowest BCUT2D eigenvalue weighted by molar-refractivity contribution is -0.125. The van der Waals surface area contributed by atoms with E-state index in [1.807, 2.05) is 6.92 Å². The highest BCUT2D eigenvalue weighted by atomic mass is 79.9. The molecule has 1 aromatic heterocycles. The number of benzene rings is 1. The number of halogens is 1. The van der Waals surface area contributed by atoms with Crippen molar-refractivity contribution in [2.75, 3.05) is 43.2 Å². The normalized spacial score (nSPS) is 20.8. The smallest absolute Gasteiger partial charge is 0.399 e. The van der Waals surface area contributed by atoms with Gasteiger partial charge in [0.2, 0.25) is 0 Å². The van der Waals surface area contributed by atoms with E-state index < -0.39 is 17.5 Å². The van der Waals surface area contributed by atoms with Crippen molar-refractivity contribution < 1.29 is 28.6 Å². The molecule has 11 heteroatoms. The highest BCUT2D eigenvalue weighted by Crippen LogP contribution is 2.30.